The maximum absolute atomic E-state index is 10.1. The molecular weight excluding hydrogens is 328 g/mol. The number of aromatic nitrogens is 3. The number of nitrogens with zero attached hydrogens (tertiary/aromatic N) is 2. The van der Waals surface area contributed by atoms with E-state index < -0.39 is 0 Å². The van der Waals surface area contributed by atoms with Gasteiger partial charge < -0.3 is 14.8 Å². The molecule has 0 saturated heterocycles. The molecule has 0 aliphatic heterocycles. The van der Waals surface area contributed by atoms with Crippen LogP contribution in [0.15, 0.2) is 59.6 Å². The molecule has 0 aliphatic rings. The standard InChI is InChI=1S/C20H18N4O2/c1-2-26-14-9-7-13(8-10-14)18-11-19(24-23-18)21-12-16-15-5-3-4-6-17(15)22-20(16)25/h3-12,22,25H,2H2,1H3,(H,23,24). The summed E-state index contributed by atoms with van der Waals surface area (Å²) in [6.07, 6.45) is 1.62. The lowest BCUT2D eigenvalue weighted by Gasteiger charge is -2.03. The van der Waals surface area contributed by atoms with Crippen LogP contribution >= 0.6 is 0 Å². The van der Waals surface area contributed by atoms with E-state index in [0.29, 0.717) is 18.0 Å². The van der Waals surface area contributed by atoms with E-state index in [-0.39, 0.29) is 5.88 Å². The predicted molar refractivity (Wildman–Crippen MR) is 102 cm³/mol. The number of aliphatic imine (C=N–C) groups is 1. The molecule has 0 unspecified atom stereocenters. The van der Waals surface area contributed by atoms with Gasteiger partial charge in [-0.2, -0.15) is 5.10 Å². The lowest BCUT2D eigenvalue weighted by atomic mass is 10.1. The molecular formula is C20H18N4O2. The molecule has 2 aromatic carbocycles. The van der Waals surface area contributed by atoms with E-state index >= 15 is 0 Å². The molecule has 0 fully saturated rings. The lowest BCUT2D eigenvalue weighted by molar-refractivity contribution is 0.340. The molecule has 0 atom stereocenters. The van der Waals surface area contributed by atoms with Crippen molar-refractivity contribution in [2.45, 2.75) is 6.92 Å². The van der Waals surface area contributed by atoms with Crippen molar-refractivity contribution in [3.8, 4) is 22.9 Å². The van der Waals surface area contributed by atoms with Gasteiger partial charge in [-0.15, -0.1) is 0 Å². The van der Waals surface area contributed by atoms with Crippen molar-refractivity contribution < 1.29 is 9.84 Å². The second-order valence-corrected chi connectivity index (χ2v) is 5.79. The van der Waals surface area contributed by atoms with Crippen LogP contribution in [0.1, 0.15) is 12.5 Å². The van der Waals surface area contributed by atoms with Crippen LogP contribution in [0.4, 0.5) is 5.82 Å². The molecule has 0 spiro atoms. The Balaban J connectivity index is 1.58. The molecule has 130 valence electrons. The van der Waals surface area contributed by atoms with Gasteiger partial charge in [0.15, 0.2) is 11.7 Å². The number of hydrogen-bond acceptors (Lipinski definition) is 4. The molecule has 6 heteroatoms. The van der Waals surface area contributed by atoms with E-state index in [1.807, 2.05) is 61.5 Å². The average molecular weight is 346 g/mol. The molecule has 6 nitrogen and oxygen atoms in total. The number of aromatic hydroxyl groups is 1. The summed E-state index contributed by atoms with van der Waals surface area (Å²) in [6, 6.07) is 17.3. The number of rotatable bonds is 5. The van der Waals surface area contributed by atoms with Crippen molar-refractivity contribution in [3.63, 3.8) is 0 Å². The van der Waals surface area contributed by atoms with Gasteiger partial charge >= 0.3 is 0 Å². The molecule has 3 N–H and O–H groups in total. The Bertz CT molecular complexity index is 1060. The molecule has 4 rings (SSSR count). The molecule has 0 bridgehead atoms. The van der Waals surface area contributed by atoms with Crippen LogP contribution in [0, 0.1) is 0 Å². The number of aromatic amines is 2. The fourth-order valence-electron chi connectivity index (χ4n) is 2.83. The third-order valence-corrected chi connectivity index (χ3v) is 4.09. The zero-order valence-corrected chi connectivity index (χ0v) is 14.2. The maximum atomic E-state index is 10.1. The fourth-order valence-corrected chi connectivity index (χ4v) is 2.83. The summed E-state index contributed by atoms with van der Waals surface area (Å²) in [5.41, 5.74) is 3.37. The van der Waals surface area contributed by atoms with Crippen molar-refractivity contribution in [2.24, 2.45) is 4.99 Å². The Hall–Kier alpha value is -3.54. The molecule has 4 aromatic rings. The summed E-state index contributed by atoms with van der Waals surface area (Å²) in [7, 11) is 0. The zero-order valence-electron chi connectivity index (χ0n) is 14.2. The van der Waals surface area contributed by atoms with Crippen LogP contribution < -0.4 is 4.74 Å². The van der Waals surface area contributed by atoms with Crippen LogP contribution in [0.5, 0.6) is 11.6 Å². The monoisotopic (exact) mass is 346 g/mol. The Kier molecular flexibility index (Phi) is 4.15. The first-order valence-electron chi connectivity index (χ1n) is 8.37. The minimum Gasteiger partial charge on any atom is -0.494 e. The SMILES string of the molecule is CCOc1ccc(-c2cc(N=Cc3c(O)[nH]c4ccccc34)n[nH]2)cc1. The topological polar surface area (TPSA) is 86.3 Å². The van der Waals surface area contributed by atoms with Gasteiger partial charge in [0.05, 0.1) is 17.9 Å². The molecule has 0 radical (unpaired) electrons. The maximum Gasteiger partial charge on any atom is 0.198 e. The van der Waals surface area contributed by atoms with Gasteiger partial charge in [-0.25, -0.2) is 4.99 Å². The number of ether oxygens (including phenoxy) is 1. The third kappa shape index (κ3) is 3.04. The first-order valence-corrected chi connectivity index (χ1v) is 8.37. The Morgan fingerprint density at radius 1 is 1.15 bits per heavy atom. The number of benzene rings is 2. The molecule has 2 aromatic heterocycles. The van der Waals surface area contributed by atoms with Crippen molar-refractivity contribution in [1.82, 2.24) is 15.2 Å². The normalized spacial score (nSPS) is 11.4. The quantitative estimate of drug-likeness (QED) is 0.468. The molecule has 0 amide bonds. The average Bonchev–Trinajstić information content (AvgIpc) is 3.25. The minimum absolute atomic E-state index is 0.0947. The third-order valence-electron chi connectivity index (χ3n) is 4.09. The van der Waals surface area contributed by atoms with E-state index in [4.69, 9.17) is 4.74 Å². The predicted octanol–water partition coefficient (Wildman–Crippen LogP) is 4.41. The lowest BCUT2D eigenvalue weighted by Crippen LogP contribution is -1.90. The number of H-pyrrole nitrogens is 2. The molecule has 0 aliphatic carbocycles. The number of fused-ring (bicyclic) bond motifs is 1. The fraction of sp³-hybridized carbons (Fsp3) is 0.100. The van der Waals surface area contributed by atoms with Crippen LogP contribution in [-0.4, -0.2) is 33.1 Å². The van der Waals surface area contributed by atoms with E-state index in [0.717, 1.165) is 27.9 Å². The Morgan fingerprint density at radius 3 is 2.77 bits per heavy atom. The van der Waals surface area contributed by atoms with Gasteiger partial charge in [-0.1, -0.05) is 18.2 Å². The van der Waals surface area contributed by atoms with Crippen molar-refractivity contribution in [1.29, 1.82) is 0 Å². The van der Waals surface area contributed by atoms with Crippen LogP contribution in [0.25, 0.3) is 22.2 Å². The highest BCUT2D eigenvalue weighted by molar-refractivity contribution is 6.02. The van der Waals surface area contributed by atoms with Crippen molar-refractivity contribution >= 4 is 22.9 Å². The highest BCUT2D eigenvalue weighted by Crippen LogP contribution is 2.27. The largest absolute Gasteiger partial charge is 0.494 e. The number of hydrogen-bond donors (Lipinski definition) is 3. The minimum atomic E-state index is 0.0947. The summed E-state index contributed by atoms with van der Waals surface area (Å²) >= 11 is 0. The Labute approximate surface area is 150 Å². The second-order valence-electron chi connectivity index (χ2n) is 5.79. The van der Waals surface area contributed by atoms with Crippen molar-refractivity contribution in [3.05, 3.63) is 60.2 Å². The molecule has 0 saturated carbocycles. The van der Waals surface area contributed by atoms with E-state index in [1.165, 1.54) is 0 Å². The first kappa shape index (κ1) is 16.0. The van der Waals surface area contributed by atoms with Crippen LogP contribution in [0.2, 0.25) is 0 Å². The summed E-state index contributed by atoms with van der Waals surface area (Å²) in [4.78, 5) is 7.31. The Morgan fingerprint density at radius 2 is 1.96 bits per heavy atom. The van der Waals surface area contributed by atoms with Gasteiger partial charge in [0.2, 0.25) is 0 Å². The number of para-hydroxylation sites is 1. The smallest absolute Gasteiger partial charge is 0.198 e. The van der Waals surface area contributed by atoms with Gasteiger partial charge in [-0.05, 0) is 42.8 Å². The number of nitrogens with one attached hydrogen (secondary N) is 2. The van der Waals surface area contributed by atoms with E-state index in [1.54, 1.807) is 6.21 Å². The summed E-state index contributed by atoms with van der Waals surface area (Å²) in [5.74, 6) is 1.47. The molecule has 2 heterocycles. The van der Waals surface area contributed by atoms with Gasteiger partial charge in [-0.3, -0.25) is 5.10 Å². The van der Waals surface area contributed by atoms with E-state index in [2.05, 4.69) is 20.2 Å². The summed E-state index contributed by atoms with van der Waals surface area (Å²) in [5, 5.41) is 18.2. The summed E-state index contributed by atoms with van der Waals surface area (Å²) in [6.45, 7) is 2.60. The summed E-state index contributed by atoms with van der Waals surface area (Å²) < 4.78 is 5.45. The highest BCUT2D eigenvalue weighted by Gasteiger charge is 2.08. The molecule has 26 heavy (non-hydrogen) atoms. The zero-order chi connectivity index (χ0) is 17.9. The van der Waals surface area contributed by atoms with Gasteiger partial charge in [0, 0.05) is 23.2 Å². The highest BCUT2D eigenvalue weighted by atomic mass is 16.5. The van der Waals surface area contributed by atoms with Gasteiger partial charge in [0.1, 0.15) is 5.75 Å². The van der Waals surface area contributed by atoms with E-state index in [9.17, 15) is 5.11 Å². The van der Waals surface area contributed by atoms with Crippen molar-refractivity contribution in [2.75, 3.05) is 6.61 Å². The van der Waals surface area contributed by atoms with Crippen LogP contribution in [0.3, 0.4) is 0 Å². The van der Waals surface area contributed by atoms with Gasteiger partial charge in [0.25, 0.3) is 0 Å². The second kappa shape index (κ2) is 6.76. The van der Waals surface area contributed by atoms with Crippen LogP contribution in [-0.2, 0) is 0 Å². The first-order chi connectivity index (χ1) is 12.7.